The molecule has 0 radical (unpaired) electrons. The minimum absolute atomic E-state index is 0.674. The first-order valence-electron chi connectivity index (χ1n) is 5.07. The van der Waals surface area contributed by atoms with Crippen LogP contribution in [0.3, 0.4) is 0 Å². The maximum atomic E-state index is 2.50. The second-order valence-corrected chi connectivity index (χ2v) is 5.81. The van der Waals surface area contributed by atoms with Crippen molar-refractivity contribution in [2.75, 3.05) is 0 Å². The van der Waals surface area contributed by atoms with Crippen molar-refractivity contribution in [1.82, 2.24) is 0 Å². The molecule has 0 aliphatic heterocycles. The average molecular weight is 150 g/mol. The Morgan fingerprint density at radius 1 is 1.09 bits per heavy atom. The van der Waals surface area contributed by atoms with Crippen LogP contribution >= 0.6 is 0 Å². The van der Waals surface area contributed by atoms with E-state index < -0.39 is 0 Å². The minimum atomic E-state index is 0.674. The lowest BCUT2D eigenvalue weighted by molar-refractivity contribution is 0.132. The molecule has 0 amide bonds. The van der Waals surface area contributed by atoms with Crippen molar-refractivity contribution >= 4 is 0 Å². The van der Waals surface area contributed by atoms with Crippen LogP contribution in [-0.4, -0.2) is 0 Å². The molecule has 0 aromatic carbocycles. The monoisotopic (exact) mass is 150 g/mol. The van der Waals surface area contributed by atoms with Gasteiger partial charge in [0.25, 0.3) is 0 Å². The van der Waals surface area contributed by atoms with Gasteiger partial charge in [0, 0.05) is 0 Å². The first kappa shape index (κ1) is 6.51. The topological polar surface area (TPSA) is 0 Å². The van der Waals surface area contributed by atoms with Crippen LogP contribution in [0.2, 0.25) is 0 Å². The maximum Gasteiger partial charge on any atom is -0.0232 e. The Kier molecular flexibility index (Phi) is 0.832. The van der Waals surface area contributed by atoms with Crippen molar-refractivity contribution in [3.8, 4) is 0 Å². The number of hydrogen-bond acceptors (Lipinski definition) is 0. The van der Waals surface area contributed by atoms with E-state index in [0.29, 0.717) is 5.41 Å². The Morgan fingerprint density at radius 2 is 1.73 bits per heavy atom. The third-order valence-corrected chi connectivity index (χ3v) is 5.51. The van der Waals surface area contributed by atoms with E-state index in [1.54, 1.807) is 19.3 Å². The molecule has 0 N–H and O–H groups in total. The summed E-state index contributed by atoms with van der Waals surface area (Å²) in [6, 6.07) is 0. The number of hydrogen-bond donors (Lipinski definition) is 0. The Morgan fingerprint density at radius 3 is 2.18 bits per heavy atom. The predicted octanol–water partition coefficient (Wildman–Crippen LogP) is 3.08. The number of rotatable bonds is 0. The Hall–Kier alpha value is 0. The van der Waals surface area contributed by atoms with E-state index in [-0.39, 0.29) is 0 Å². The van der Waals surface area contributed by atoms with Crippen molar-refractivity contribution in [1.29, 1.82) is 0 Å². The molecular formula is C11H18. The lowest BCUT2D eigenvalue weighted by Crippen LogP contribution is -2.29. The van der Waals surface area contributed by atoms with Gasteiger partial charge in [-0.25, -0.2) is 0 Å². The Labute approximate surface area is 69.4 Å². The molecule has 3 aliphatic rings. The SMILES string of the molecule is CC1C(C)(C)C2CC3CC31C2. The normalized spacial score (nSPS) is 63.0. The number of fused-ring (bicyclic) bond motifs is 1. The molecule has 4 atom stereocenters. The summed E-state index contributed by atoms with van der Waals surface area (Å²) in [6.07, 6.45) is 4.72. The molecule has 62 valence electrons. The molecule has 2 bridgehead atoms. The zero-order valence-electron chi connectivity index (χ0n) is 7.85. The quantitative estimate of drug-likeness (QED) is 0.498. The highest BCUT2D eigenvalue weighted by Gasteiger charge is 2.72. The minimum Gasteiger partial charge on any atom is -0.0614 e. The molecular weight excluding hydrogens is 132 g/mol. The van der Waals surface area contributed by atoms with Crippen LogP contribution < -0.4 is 0 Å². The van der Waals surface area contributed by atoms with E-state index in [0.717, 1.165) is 23.2 Å². The van der Waals surface area contributed by atoms with Crippen molar-refractivity contribution < 1.29 is 0 Å². The molecule has 3 fully saturated rings. The first-order chi connectivity index (χ1) is 5.07. The fourth-order valence-electron chi connectivity index (χ4n) is 4.22. The van der Waals surface area contributed by atoms with Crippen molar-refractivity contribution in [2.24, 2.45) is 28.6 Å². The van der Waals surface area contributed by atoms with Gasteiger partial charge in [0.05, 0.1) is 0 Å². The van der Waals surface area contributed by atoms with Gasteiger partial charge in [-0.3, -0.25) is 0 Å². The highest BCUT2D eigenvalue weighted by atomic mass is 14.8. The van der Waals surface area contributed by atoms with Crippen LogP contribution in [0.1, 0.15) is 40.0 Å². The van der Waals surface area contributed by atoms with Crippen molar-refractivity contribution in [2.45, 2.75) is 40.0 Å². The molecule has 3 saturated carbocycles. The Balaban J connectivity index is 2.05. The fraction of sp³-hybridized carbons (Fsp3) is 1.00. The predicted molar refractivity (Wildman–Crippen MR) is 46.2 cm³/mol. The summed E-state index contributed by atoms with van der Waals surface area (Å²) in [7, 11) is 0. The Bertz CT molecular complexity index is 214. The smallest absolute Gasteiger partial charge is 0.0232 e. The van der Waals surface area contributed by atoms with E-state index in [4.69, 9.17) is 0 Å². The van der Waals surface area contributed by atoms with Crippen molar-refractivity contribution in [3.63, 3.8) is 0 Å². The summed E-state index contributed by atoms with van der Waals surface area (Å²) < 4.78 is 0. The van der Waals surface area contributed by atoms with Gasteiger partial charge in [-0.2, -0.15) is 0 Å². The molecule has 3 rings (SSSR count). The maximum absolute atomic E-state index is 2.50. The summed E-state index contributed by atoms with van der Waals surface area (Å²) in [5.41, 5.74) is 1.54. The summed E-state index contributed by atoms with van der Waals surface area (Å²) in [5, 5.41) is 0. The molecule has 0 aromatic rings. The molecule has 0 nitrogen and oxygen atoms in total. The molecule has 0 heterocycles. The standard InChI is InChI=1S/C11H18/c1-7-10(2,3)8-4-9-6-11(7,9)5-8/h7-9H,4-6H2,1-3H3. The van der Waals surface area contributed by atoms with Gasteiger partial charge in [-0.05, 0) is 47.8 Å². The van der Waals surface area contributed by atoms with Gasteiger partial charge >= 0.3 is 0 Å². The van der Waals surface area contributed by atoms with E-state index in [2.05, 4.69) is 20.8 Å². The van der Waals surface area contributed by atoms with Gasteiger partial charge in [0.1, 0.15) is 0 Å². The van der Waals surface area contributed by atoms with E-state index in [1.807, 2.05) is 0 Å². The molecule has 3 aliphatic carbocycles. The zero-order chi connectivity index (χ0) is 7.85. The van der Waals surface area contributed by atoms with Crippen molar-refractivity contribution in [3.05, 3.63) is 0 Å². The molecule has 0 heteroatoms. The average Bonchev–Trinajstić information content (AvgIpc) is 2.48. The summed E-state index contributed by atoms with van der Waals surface area (Å²) in [4.78, 5) is 0. The van der Waals surface area contributed by atoms with Crippen LogP contribution in [0.5, 0.6) is 0 Å². The highest BCUT2D eigenvalue weighted by Crippen LogP contribution is 2.80. The first-order valence-corrected chi connectivity index (χ1v) is 5.07. The largest absolute Gasteiger partial charge is 0.0614 e. The van der Waals surface area contributed by atoms with Gasteiger partial charge < -0.3 is 0 Å². The molecule has 1 spiro atoms. The van der Waals surface area contributed by atoms with E-state index in [9.17, 15) is 0 Å². The van der Waals surface area contributed by atoms with Gasteiger partial charge in [0.15, 0.2) is 0 Å². The molecule has 4 unspecified atom stereocenters. The summed E-state index contributed by atoms with van der Waals surface area (Å²) in [6.45, 7) is 7.48. The van der Waals surface area contributed by atoms with Gasteiger partial charge in [0.2, 0.25) is 0 Å². The van der Waals surface area contributed by atoms with Gasteiger partial charge in [-0.1, -0.05) is 20.8 Å². The molecule has 0 aromatic heterocycles. The fourth-order valence-corrected chi connectivity index (χ4v) is 4.22. The zero-order valence-corrected chi connectivity index (χ0v) is 7.85. The van der Waals surface area contributed by atoms with Crippen LogP contribution in [0.4, 0.5) is 0 Å². The third-order valence-electron chi connectivity index (χ3n) is 5.51. The highest BCUT2D eigenvalue weighted by molar-refractivity contribution is 5.21. The van der Waals surface area contributed by atoms with Crippen LogP contribution in [0.15, 0.2) is 0 Å². The molecule has 11 heavy (non-hydrogen) atoms. The van der Waals surface area contributed by atoms with E-state index >= 15 is 0 Å². The van der Waals surface area contributed by atoms with Crippen LogP contribution in [0, 0.1) is 28.6 Å². The molecule has 0 saturated heterocycles. The lowest BCUT2D eigenvalue weighted by Gasteiger charge is -2.35. The van der Waals surface area contributed by atoms with Crippen LogP contribution in [0.25, 0.3) is 0 Å². The summed E-state index contributed by atoms with van der Waals surface area (Å²) >= 11 is 0. The van der Waals surface area contributed by atoms with Crippen LogP contribution in [-0.2, 0) is 0 Å². The van der Waals surface area contributed by atoms with E-state index in [1.165, 1.54) is 0 Å². The second-order valence-electron chi connectivity index (χ2n) is 5.81. The third kappa shape index (κ3) is 0.494. The van der Waals surface area contributed by atoms with Gasteiger partial charge in [-0.15, -0.1) is 0 Å². The lowest BCUT2D eigenvalue weighted by atomic mass is 9.70. The second kappa shape index (κ2) is 1.41. The summed E-state index contributed by atoms with van der Waals surface area (Å²) in [5.74, 6) is 3.26.